The molecule has 3 aromatic rings. The molecule has 0 saturated heterocycles. The SMILES string of the molecule is CC(C=CCC(N)=O)Cc1cc(Cc2ccccc2)c2occc2c1. The van der Waals surface area contributed by atoms with Crippen molar-refractivity contribution in [3.05, 3.63) is 83.6 Å². The minimum atomic E-state index is -0.298. The van der Waals surface area contributed by atoms with Gasteiger partial charge in [-0.15, -0.1) is 0 Å². The Labute approximate surface area is 148 Å². The summed E-state index contributed by atoms with van der Waals surface area (Å²) in [5.41, 5.74) is 9.89. The van der Waals surface area contributed by atoms with E-state index in [9.17, 15) is 4.79 Å². The standard InChI is InChI=1S/C22H23NO2/c1-16(6-5-9-21(23)24)12-18-14-19-10-11-25-22(19)20(15-18)13-17-7-3-2-4-8-17/h2-8,10-11,14-16H,9,12-13H2,1H3,(H2,23,24). The fourth-order valence-electron chi connectivity index (χ4n) is 3.15. The molecule has 1 heterocycles. The molecule has 2 aromatic carbocycles. The van der Waals surface area contributed by atoms with Crippen molar-refractivity contribution in [2.75, 3.05) is 0 Å². The zero-order chi connectivity index (χ0) is 17.6. The maximum Gasteiger partial charge on any atom is 0.221 e. The van der Waals surface area contributed by atoms with Gasteiger partial charge in [0, 0.05) is 23.8 Å². The average Bonchev–Trinajstić information content (AvgIpc) is 3.04. The number of rotatable bonds is 7. The molecule has 128 valence electrons. The molecule has 0 radical (unpaired) electrons. The molecule has 3 rings (SSSR count). The van der Waals surface area contributed by atoms with Gasteiger partial charge in [0.15, 0.2) is 0 Å². The van der Waals surface area contributed by atoms with Crippen LogP contribution in [0.1, 0.15) is 30.0 Å². The molecule has 0 aliphatic rings. The van der Waals surface area contributed by atoms with Gasteiger partial charge in [-0.25, -0.2) is 0 Å². The van der Waals surface area contributed by atoms with Crippen LogP contribution in [0, 0.1) is 5.92 Å². The van der Waals surface area contributed by atoms with E-state index in [1.165, 1.54) is 16.7 Å². The van der Waals surface area contributed by atoms with Crippen LogP contribution in [0.4, 0.5) is 0 Å². The van der Waals surface area contributed by atoms with Crippen LogP contribution in [0.25, 0.3) is 11.0 Å². The maximum absolute atomic E-state index is 10.8. The summed E-state index contributed by atoms with van der Waals surface area (Å²) in [5, 5.41) is 1.14. The third-order valence-electron chi connectivity index (χ3n) is 4.27. The highest BCUT2D eigenvalue weighted by Gasteiger charge is 2.10. The van der Waals surface area contributed by atoms with Gasteiger partial charge in [-0.3, -0.25) is 4.79 Å². The number of hydrogen-bond donors (Lipinski definition) is 1. The monoisotopic (exact) mass is 333 g/mol. The number of benzene rings is 2. The van der Waals surface area contributed by atoms with Crippen molar-refractivity contribution in [3.63, 3.8) is 0 Å². The lowest BCUT2D eigenvalue weighted by molar-refractivity contribution is -0.117. The van der Waals surface area contributed by atoms with E-state index >= 15 is 0 Å². The molecule has 0 aliphatic heterocycles. The first kappa shape index (κ1) is 17.0. The number of fused-ring (bicyclic) bond motifs is 1. The molecule has 1 amide bonds. The van der Waals surface area contributed by atoms with Gasteiger partial charge >= 0.3 is 0 Å². The minimum Gasteiger partial charge on any atom is -0.464 e. The normalized spacial score (nSPS) is 12.7. The van der Waals surface area contributed by atoms with Gasteiger partial charge in [0.1, 0.15) is 5.58 Å². The molecule has 1 atom stereocenters. The zero-order valence-corrected chi connectivity index (χ0v) is 14.4. The lowest BCUT2D eigenvalue weighted by atomic mass is 9.95. The molecular formula is C22H23NO2. The second-order valence-electron chi connectivity index (χ2n) is 6.54. The fourth-order valence-corrected chi connectivity index (χ4v) is 3.15. The van der Waals surface area contributed by atoms with Crippen molar-refractivity contribution >= 4 is 16.9 Å². The van der Waals surface area contributed by atoms with E-state index in [0.717, 1.165) is 23.8 Å². The third kappa shape index (κ3) is 4.60. The number of hydrogen-bond acceptors (Lipinski definition) is 2. The Bertz CT molecular complexity index is 877. The van der Waals surface area contributed by atoms with Crippen LogP contribution < -0.4 is 5.73 Å². The van der Waals surface area contributed by atoms with Gasteiger partial charge < -0.3 is 10.2 Å². The van der Waals surface area contributed by atoms with E-state index < -0.39 is 0 Å². The molecule has 25 heavy (non-hydrogen) atoms. The van der Waals surface area contributed by atoms with Crippen molar-refractivity contribution in [1.29, 1.82) is 0 Å². The van der Waals surface area contributed by atoms with Gasteiger partial charge in [0.2, 0.25) is 5.91 Å². The molecule has 1 unspecified atom stereocenters. The van der Waals surface area contributed by atoms with Gasteiger partial charge in [0.25, 0.3) is 0 Å². The van der Waals surface area contributed by atoms with Gasteiger partial charge in [-0.05, 0) is 35.6 Å². The number of primary amides is 1. The molecule has 3 nitrogen and oxygen atoms in total. The number of allylic oxidation sites excluding steroid dienone is 1. The van der Waals surface area contributed by atoms with Crippen molar-refractivity contribution in [2.45, 2.75) is 26.2 Å². The van der Waals surface area contributed by atoms with Crippen molar-refractivity contribution in [3.8, 4) is 0 Å². The molecule has 0 fully saturated rings. The Morgan fingerprint density at radius 1 is 1.16 bits per heavy atom. The predicted octanol–water partition coefficient (Wildman–Crippen LogP) is 4.63. The first-order valence-corrected chi connectivity index (χ1v) is 8.59. The van der Waals surface area contributed by atoms with Gasteiger partial charge in [-0.1, -0.05) is 55.5 Å². The molecule has 0 saturated carbocycles. The number of amides is 1. The van der Waals surface area contributed by atoms with E-state index in [1.54, 1.807) is 6.26 Å². The summed E-state index contributed by atoms with van der Waals surface area (Å²) < 4.78 is 5.71. The molecule has 0 bridgehead atoms. The van der Waals surface area contributed by atoms with E-state index in [-0.39, 0.29) is 5.91 Å². The Balaban J connectivity index is 1.82. The van der Waals surface area contributed by atoms with Crippen molar-refractivity contribution in [2.24, 2.45) is 11.7 Å². The van der Waals surface area contributed by atoms with Crippen LogP contribution >= 0.6 is 0 Å². The number of furan rings is 1. The van der Waals surface area contributed by atoms with Crippen LogP contribution in [-0.4, -0.2) is 5.91 Å². The van der Waals surface area contributed by atoms with Crippen molar-refractivity contribution < 1.29 is 9.21 Å². The van der Waals surface area contributed by atoms with Crippen LogP contribution in [0.2, 0.25) is 0 Å². The molecule has 0 spiro atoms. The maximum atomic E-state index is 10.8. The van der Waals surface area contributed by atoms with Crippen LogP contribution in [0.15, 0.2) is 71.4 Å². The molecule has 2 N–H and O–H groups in total. The third-order valence-corrected chi connectivity index (χ3v) is 4.27. The average molecular weight is 333 g/mol. The number of carbonyl (C=O) groups excluding carboxylic acids is 1. The Hall–Kier alpha value is -2.81. The molecule has 0 aliphatic carbocycles. The smallest absolute Gasteiger partial charge is 0.221 e. The summed E-state index contributed by atoms with van der Waals surface area (Å²) >= 11 is 0. The summed E-state index contributed by atoms with van der Waals surface area (Å²) in [6, 6.07) is 16.9. The number of carbonyl (C=O) groups is 1. The predicted molar refractivity (Wildman–Crippen MR) is 101 cm³/mol. The Morgan fingerprint density at radius 3 is 2.72 bits per heavy atom. The summed E-state index contributed by atoms with van der Waals surface area (Å²) in [6.07, 6.45) is 7.72. The highest BCUT2D eigenvalue weighted by molar-refractivity contribution is 5.81. The van der Waals surface area contributed by atoms with E-state index in [1.807, 2.05) is 18.2 Å². The fraction of sp³-hybridized carbons (Fsp3) is 0.227. The van der Waals surface area contributed by atoms with Gasteiger partial charge in [-0.2, -0.15) is 0 Å². The summed E-state index contributed by atoms with van der Waals surface area (Å²) in [7, 11) is 0. The number of nitrogens with two attached hydrogens (primary N) is 1. The van der Waals surface area contributed by atoms with E-state index in [0.29, 0.717) is 12.3 Å². The van der Waals surface area contributed by atoms with Crippen molar-refractivity contribution in [1.82, 2.24) is 0 Å². The first-order chi connectivity index (χ1) is 12.1. The summed E-state index contributed by atoms with van der Waals surface area (Å²) in [4.78, 5) is 10.8. The lowest BCUT2D eigenvalue weighted by Crippen LogP contribution is -2.08. The van der Waals surface area contributed by atoms with Gasteiger partial charge in [0.05, 0.1) is 6.26 Å². The minimum absolute atomic E-state index is 0.296. The molecule has 1 aromatic heterocycles. The van der Waals surface area contributed by atoms with E-state index in [4.69, 9.17) is 10.2 Å². The van der Waals surface area contributed by atoms with E-state index in [2.05, 4.69) is 49.4 Å². The van der Waals surface area contributed by atoms with Crippen LogP contribution in [0.5, 0.6) is 0 Å². The lowest BCUT2D eigenvalue weighted by Gasteiger charge is -2.10. The summed E-state index contributed by atoms with van der Waals surface area (Å²) in [5.74, 6) is 0.0432. The molecular weight excluding hydrogens is 310 g/mol. The zero-order valence-electron chi connectivity index (χ0n) is 14.4. The quantitative estimate of drug-likeness (QED) is 0.641. The Morgan fingerprint density at radius 2 is 1.96 bits per heavy atom. The summed E-state index contributed by atoms with van der Waals surface area (Å²) in [6.45, 7) is 2.15. The first-order valence-electron chi connectivity index (χ1n) is 8.59. The van der Waals surface area contributed by atoms with Crippen LogP contribution in [0.3, 0.4) is 0 Å². The second-order valence-corrected chi connectivity index (χ2v) is 6.54. The topological polar surface area (TPSA) is 56.2 Å². The van der Waals surface area contributed by atoms with Crippen LogP contribution in [-0.2, 0) is 17.6 Å². The molecule has 3 heteroatoms. The largest absolute Gasteiger partial charge is 0.464 e. The highest BCUT2D eigenvalue weighted by Crippen LogP contribution is 2.26. The second kappa shape index (κ2) is 7.84. The highest BCUT2D eigenvalue weighted by atomic mass is 16.3. The Kier molecular flexibility index (Phi) is 5.34.